The number of imide groups is 1. The number of carbonyl (C=O) groups excluding carboxylic acids is 3. The number of halogens is 4. The van der Waals surface area contributed by atoms with Crippen LogP contribution in [0.3, 0.4) is 0 Å². The number of thioether (sulfide) groups is 1. The fourth-order valence-corrected chi connectivity index (χ4v) is 7.97. The molecule has 3 atom stereocenters. The Balaban J connectivity index is 1.41. The third kappa shape index (κ3) is 4.79. The lowest BCUT2D eigenvalue weighted by Gasteiger charge is -2.30. The molecule has 6 rings (SSSR count). The molecule has 8 nitrogen and oxygen atoms in total. The maximum atomic E-state index is 13.9. The molecule has 0 bridgehead atoms. The van der Waals surface area contributed by atoms with E-state index in [0.29, 0.717) is 21.0 Å². The average molecular weight is 615 g/mol. The fourth-order valence-electron chi connectivity index (χ4n) is 5.20. The van der Waals surface area contributed by atoms with Gasteiger partial charge in [-0.1, -0.05) is 41.3 Å². The zero-order valence-corrected chi connectivity index (χ0v) is 22.8. The van der Waals surface area contributed by atoms with Gasteiger partial charge in [0.2, 0.25) is 17.7 Å². The molecule has 1 N–H and O–H groups in total. The first-order valence-corrected chi connectivity index (χ1v) is 14.1. The van der Waals surface area contributed by atoms with Crippen molar-refractivity contribution in [2.45, 2.75) is 28.9 Å². The van der Waals surface area contributed by atoms with Gasteiger partial charge in [-0.05, 0) is 48.0 Å². The van der Waals surface area contributed by atoms with E-state index < -0.39 is 69.5 Å². The van der Waals surface area contributed by atoms with Crippen LogP contribution in [0.25, 0.3) is 0 Å². The zero-order valence-electron chi connectivity index (χ0n) is 21.2. The fraction of sp³-hybridized carbons (Fsp3) is 0.179. The quantitative estimate of drug-likeness (QED) is 0.254. The van der Waals surface area contributed by atoms with Crippen molar-refractivity contribution in [3.8, 4) is 0 Å². The number of hydrogen-bond donors (Lipinski definition) is 1. The number of pyridine rings is 1. The number of amides is 3. The van der Waals surface area contributed by atoms with Gasteiger partial charge in [0.25, 0.3) is 0 Å². The molecule has 4 heterocycles. The molecule has 4 aromatic rings. The molecule has 0 aliphatic carbocycles. The number of carbonyl (C=O) groups is 3. The molecule has 2 aromatic carbocycles. The first kappa shape index (κ1) is 27.8. The van der Waals surface area contributed by atoms with Crippen molar-refractivity contribution in [1.82, 2.24) is 9.55 Å². The number of alkyl halides is 3. The molecule has 0 spiro atoms. The number of thiazole rings is 1. The summed E-state index contributed by atoms with van der Waals surface area (Å²) in [5, 5.41) is 1.68. The minimum atomic E-state index is -4.82. The number of nitrogens with zero attached hydrogens (tertiary/aromatic N) is 3. The van der Waals surface area contributed by atoms with Crippen molar-refractivity contribution >= 4 is 52.2 Å². The second-order valence-electron chi connectivity index (χ2n) is 9.53. The van der Waals surface area contributed by atoms with Crippen LogP contribution in [-0.4, -0.2) is 32.5 Å². The van der Waals surface area contributed by atoms with Gasteiger partial charge in [0.1, 0.15) is 17.6 Å². The largest absolute Gasteiger partial charge is 0.418 e. The Morgan fingerprint density at radius 2 is 1.71 bits per heavy atom. The van der Waals surface area contributed by atoms with Crippen molar-refractivity contribution in [2.75, 3.05) is 10.2 Å². The van der Waals surface area contributed by atoms with E-state index in [1.54, 1.807) is 12.1 Å². The summed E-state index contributed by atoms with van der Waals surface area (Å²) < 4.78 is 56.0. The molecular weight excluding hydrogens is 596 g/mol. The molecule has 1 saturated heterocycles. The third-order valence-corrected chi connectivity index (χ3v) is 9.58. The predicted octanol–water partition coefficient (Wildman–Crippen LogP) is 4.90. The summed E-state index contributed by atoms with van der Waals surface area (Å²) in [7, 11) is 0. The van der Waals surface area contributed by atoms with E-state index in [0.717, 1.165) is 47.4 Å². The second kappa shape index (κ2) is 10.5. The minimum absolute atomic E-state index is 0.265. The standard InChI is InChI=1S/C28H18F4N4O4S2/c29-15-7-9-16(10-8-15)34-19(37)13-35-26-23(42-27(35)40)20(14-4-3-11-33-12-14)21-22(41-26)25(39)36(24(21)38)18-6-2-1-5-17(18)28(30,31)32/h1-12,20-22H,13H2,(H,34,37). The molecule has 42 heavy (non-hydrogen) atoms. The molecular formula is C28H18F4N4O4S2. The molecule has 14 heteroatoms. The predicted molar refractivity (Wildman–Crippen MR) is 147 cm³/mol. The lowest BCUT2D eigenvalue weighted by molar-refractivity contribution is -0.137. The third-order valence-electron chi connectivity index (χ3n) is 6.97. The first-order chi connectivity index (χ1) is 20.0. The van der Waals surface area contributed by atoms with Crippen LogP contribution in [0.4, 0.5) is 28.9 Å². The van der Waals surface area contributed by atoms with E-state index in [2.05, 4.69) is 10.3 Å². The summed E-state index contributed by atoms with van der Waals surface area (Å²) >= 11 is 1.67. The van der Waals surface area contributed by atoms with Crippen LogP contribution < -0.4 is 15.1 Å². The molecule has 2 aromatic heterocycles. The molecule has 3 unspecified atom stereocenters. The monoisotopic (exact) mass is 614 g/mol. The van der Waals surface area contributed by atoms with Crippen molar-refractivity contribution in [2.24, 2.45) is 5.92 Å². The van der Waals surface area contributed by atoms with Gasteiger partial charge in [-0.2, -0.15) is 13.2 Å². The smallest absolute Gasteiger partial charge is 0.325 e. The summed E-state index contributed by atoms with van der Waals surface area (Å²) in [5.74, 6) is -4.77. The normalized spacial score (nSPS) is 19.9. The highest BCUT2D eigenvalue weighted by Crippen LogP contribution is 2.54. The van der Waals surface area contributed by atoms with Crippen molar-refractivity contribution in [3.05, 3.63) is 105 Å². The van der Waals surface area contributed by atoms with E-state index >= 15 is 0 Å². The Bertz CT molecular complexity index is 1770. The summed E-state index contributed by atoms with van der Waals surface area (Å²) in [6.07, 6.45) is -1.85. The summed E-state index contributed by atoms with van der Waals surface area (Å²) in [5.41, 5.74) is -0.905. The highest BCUT2D eigenvalue weighted by molar-refractivity contribution is 8.00. The van der Waals surface area contributed by atoms with Crippen LogP contribution in [0.2, 0.25) is 0 Å². The van der Waals surface area contributed by atoms with E-state index in [4.69, 9.17) is 0 Å². The zero-order chi connectivity index (χ0) is 29.8. The molecule has 1 fully saturated rings. The van der Waals surface area contributed by atoms with Crippen LogP contribution in [0.5, 0.6) is 0 Å². The maximum Gasteiger partial charge on any atom is 0.418 e. The molecule has 2 aliphatic heterocycles. The molecule has 214 valence electrons. The molecule has 2 aliphatic rings. The molecule has 3 amide bonds. The van der Waals surface area contributed by atoms with Crippen LogP contribution >= 0.6 is 23.1 Å². The average Bonchev–Trinajstić information content (AvgIpc) is 3.40. The topological polar surface area (TPSA) is 101 Å². The van der Waals surface area contributed by atoms with Gasteiger partial charge < -0.3 is 5.32 Å². The van der Waals surface area contributed by atoms with Gasteiger partial charge in [0.05, 0.1) is 22.2 Å². The van der Waals surface area contributed by atoms with E-state index in [1.165, 1.54) is 41.2 Å². The number of nitrogens with one attached hydrogen (secondary N) is 1. The summed E-state index contributed by atoms with van der Waals surface area (Å²) in [6, 6.07) is 12.7. The van der Waals surface area contributed by atoms with E-state index in [-0.39, 0.29) is 5.03 Å². The lowest BCUT2D eigenvalue weighted by Crippen LogP contribution is -2.33. The number of fused-ring (bicyclic) bond motifs is 2. The van der Waals surface area contributed by atoms with Crippen molar-refractivity contribution < 1.29 is 31.9 Å². The van der Waals surface area contributed by atoms with Crippen molar-refractivity contribution in [3.63, 3.8) is 0 Å². The minimum Gasteiger partial charge on any atom is -0.325 e. The van der Waals surface area contributed by atoms with Gasteiger partial charge in [-0.15, -0.1) is 0 Å². The SMILES string of the molecule is O=C(Cn1c2c(sc1=O)C(c1cccnc1)C1C(=O)N(c3ccccc3C(F)(F)F)C(=O)C1S2)Nc1ccc(F)cc1. The van der Waals surface area contributed by atoms with Crippen LogP contribution in [0, 0.1) is 11.7 Å². The Morgan fingerprint density at radius 1 is 0.976 bits per heavy atom. The number of rotatable bonds is 5. The van der Waals surface area contributed by atoms with Crippen LogP contribution in [0.15, 0.2) is 82.9 Å². The molecule has 0 saturated carbocycles. The number of para-hydroxylation sites is 1. The lowest BCUT2D eigenvalue weighted by atomic mass is 9.84. The molecule has 0 radical (unpaired) electrons. The van der Waals surface area contributed by atoms with E-state index in [9.17, 15) is 36.7 Å². The highest BCUT2D eigenvalue weighted by Gasteiger charge is 2.57. The number of anilines is 2. The Kier molecular flexibility index (Phi) is 6.97. The Hall–Kier alpha value is -4.30. The van der Waals surface area contributed by atoms with Crippen molar-refractivity contribution in [1.29, 1.82) is 0 Å². The first-order valence-electron chi connectivity index (χ1n) is 12.4. The van der Waals surface area contributed by atoms with Gasteiger partial charge in [-0.25, -0.2) is 9.29 Å². The van der Waals surface area contributed by atoms with Gasteiger partial charge in [-0.3, -0.25) is 28.7 Å². The highest BCUT2D eigenvalue weighted by atomic mass is 32.2. The number of benzene rings is 2. The van der Waals surface area contributed by atoms with Crippen LogP contribution in [-0.2, 0) is 27.1 Å². The summed E-state index contributed by atoms with van der Waals surface area (Å²) in [6.45, 7) is -0.449. The maximum absolute atomic E-state index is 13.9. The van der Waals surface area contributed by atoms with Crippen LogP contribution in [0.1, 0.15) is 21.9 Å². The summed E-state index contributed by atoms with van der Waals surface area (Å²) in [4.78, 5) is 58.2. The van der Waals surface area contributed by atoms with E-state index in [1.807, 2.05) is 0 Å². The van der Waals surface area contributed by atoms with Gasteiger partial charge in [0.15, 0.2) is 0 Å². The van der Waals surface area contributed by atoms with Gasteiger partial charge in [0, 0.05) is 28.9 Å². The number of hydrogen-bond acceptors (Lipinski definition) is 7. The van der Waals surface area contributed by atoms with Gasteiger partial charge >= 0.3 is 11.0 Å². The number of aromatic nitrogens is 2. The Morgan fingerprint density at radius 3 is 2.40 bits per heavy atom. The Labute approximate surface area is 243 Å². The second-order valence-corrected chi connectivity index (χ2v) is 11.7.